The van der Waals surface area contributed by atoms with Crippen LogP contribution in [0.2, 0.25) is 0 Å². The Balaban J connectivity index is 1.91. The maximum atomic E-state index is 14.0. The van der Waals surface area contributed by atoms with Crippen molar-refractivity contribution in [2.45, 2.75) is 25.4 Å². The third-order valence-electron chi connectivity index (χ3n) is 6.55. The highest BCUT2D eigenvalue weighted by Gasteiger charge is 2.40. The van der Waals surface area contributed by atoms with Gasteiger partial charge in [0.15, 0.2) is 23.1 Å². The molecule has 12 heteroatoms. The number of fused-ring (bicyclic) bond motifs is 2. The molecule has 0 saturated carbocycles. The lowest BCUT2D eigenvalue weighted by Crippen LogP contribution is -2.27. The highest BCUT2D eigenvalue weighted by molar-refractivity contribution is 6.35. The number of carboxylic acid groups (broad SMARTS) is 1. The number of carbonyl (C=O) groups excluding carboxylic acids is 4. The lowest BCUT2D eigenvalue weighted by atomic mass is 9.77. The van der Waals surface area contributed by atoms with Crippen LogP contribution in [-0.4, -0.2) is 72.6 Å². The summed E-state index contributed by atoms with van der Waals surface area (Å²) in [6, 6.07) is 7.85. The Labute approximate surface area is 225 Å². The van der Waals surface area contributed by atoms with Crippen LogP contribution < -0.4 is 0 Å². The zero-order valence-corrected chi connectivity index (χ0v) is 20.6. The minimum Gasteiger partial charge on any atom is -0.507 e. The predicted octanol–water partition coefficient (Wildman–Crippen LogP) is 2.71. The molecular weight excluding hydrogens is 528 g/mol. The summed E-state index contributed by atoms with van der Waals surface area (Å²) in [5.74, 6) is -8.26. The smallest absolute Gasteiger partial charge is 0.340 e. The van der Waals surface area contributed by atoms with Crippen LogP contribution in [0.1, 0.15) is 87.7 Å². The molecule has 4 rings (SSSR count). The van der Waals surface area contributed by atoms with E-state index in [1.54, 1.807) is 0 Å². The van der Waals surface area contributed by atoms with E-state index in [2.05, 4.69) is 4.89 Å². The van der Waals surface area contributed by atoms with Crippen LogP contribution >= 0.6 is 0 Å². The second-order valence-corrected chi connectivity index (χ2v) is 9.00. The lowest BCUT2D eigenvalue weighted by Gasteiger charge is -2.23. The van der Waals surface area contributed by atoms with Gasteiger partial charge in [0.2, 0.25) is 0 Å². The van der Waals surface area contributed by atoms with Crippen molar-refractivity contribution in [1.82, 2.24) is 0 Å². The first-order valence-corrected chi connectivity index (χ1v) is 11.9. The first kappa shape index (κ1) is 28.1. The highest BCUT2D eigenvalue weighted by atomic mass is 17.1. The third-order valence-corrected chi connectivity index (χ3v) is 6.55. The van der Waals surface area contributed by atoms with Crippen molar-refractivity contribution in [1.29, 1.82) is 0 Å². The second kappa shape index (κ2) is 11.1. The quantitative estimate of drug-likeness (QED) is 0.0954. The third kappa shape index (κ3) is 4.82. The summed E-state index contributed by atoms with van der Waals surface area (Å²) in [5.41, 5.74) is -5.02. The number of rotatable bonds is 10. The number of Topliss-reactive ketones (excluding diaryl/α,β-unsaturated/α-hetero) is 1. The number of aliphatic hydroxyl groups is 1. The first-order valence-electron chi connectivity index (χ1n) is 11.9. The molecule has 3 aromatic rings. The molecule has 0 amide bonds. The van der Waals surface area contributed by atoms with E-state index >= 15 is 0 Å². The SMILES string of the molecule is O=C(CCC(O)CCOO)c1cccc(O)c1C(=O)c1c(C(=O)O)c(O)cc2c1C(=O)c1c(O)cccc1C2=O. The molecule has 0 bridgehead atoms. The normalized spacial score (nSPS) is 12.9. The van der Waals surface area contributed by atoms with Crippen LogP contribution in [0.3, 0.4) is 0 Å². The Morgan fingerprint density at radius 3 is 2.12 bits per heavy atom. The molecule has 1 atom stereocenters. The standard InChI is InChI=1S/C28H22O12/c29-12(9-10-40-39)7-8-16(30)13-3-1-5-17(31)20(13)27(36)24-22-15(11-19(33)23(24)28(37)38)25(34)14-4-2-6-18(32)21(14)26(22)35/h1-6,11-12,29,31-33,39H,7-10H2,(H,37,38). The van der Waals surface area contributed by atoms with E-state index in [1.165, 1.54) is 24.3 Å². The molecule has 0 aromatic heterocycles. The Hall–Kier alpha value is -4.91. The number of carbonyl (C=O) groups is 5. The Bertz CT molecular complexity index is 1590. The molecule has 0 aliphatic heterocycles. The van der Waals surface area contributed by atoms with Crippen LogP contribution in [0, 0.1) is 0 Å². The van der Waals surface area contributed by atoms with Gasteiger partial charge in [-0.25, -0.2) is 9.68 Å². The molecule has 1 unspecified atom stereocenters. The van der Waals surface area contributed by atoms with Crippen molar-refractivity contribution in [3.05, 3.63) is 87.0 Å². The molecule has 1 aliphatic rings. The fourth-order valence-electron chi connectivity index (χ4n) is 4.67. The predicted molar refractivity (Wildman–Crippen MR) is 134 cm³/mol. The number of benzene rings is 3. The number of aliphatic hydroxyl groups excluding tert-OH is 1. The Kier molecular flexibility index (Phi) is 7.77. The number of phenols is 3. The lowest BCUT2D eigenvalue weighted by molar-refractivity contribution is -0.245. The Morgan fingerprint density at radius 1 is 0.775 bits per heavy atom. The number of phenolic OH excluding ortho intramolecular Hbond substituents is 2. The fraction of sp³-hybridized carbons (Fsp3) is 0.179. The van der Waals surface area contributed by atoms with Crippen molar-refractivity contribution < 1.29 is 59.7 Å². The highest BCUT2D eigenvalue weighted by Crippen LogP contribution is 2.40. The van der Waals surface area contributed by atoms with Gasteiger partial charge in [-0.3, -0.25) is 24.4 Å². The van der Waals surface area contributed by atoms with Gasteiger partial charge in [-0.05, 0) is 31.0 Å². The van der Waals surface area contributed by atoms with E-state index in [1.807, 2.05) is 0 Å². The van der Waals surface area contributed by atoms with Gasteiger partial charge in [0.1, 0.15) is 22.8 Å². The van der Waals surface area contributed by atoms with Crippen molar-refractivity contribution in [2.24, 2.45) is 0 Å². The van der Waals surface area contributed by atoms with Gasteiger partial charge in [0.05, 0.1) is 29.4 Å². The fourth-order valence-corrected chi connectivity index (χ4v) is 4.67. The van der Waals surface area contributed by atoms with Crippen LogP contribution in [0.25, 0.3) is 0 Å². The van der Waals surface area contributed by atoms with E-state index in [-0.39, 0.29) is 37.0 Å². The second-order valence-electron chi connectivity index (χ2n) is 9.00. The number of hydrogen-bond donors (Lipinski definition) is 6. The largest absolute Gasteiger partial charge is 0.507 e. The summed E-state index contributed by atoms with van der Waals surface area (Å²) < 4.78 is 0. The molecule has 0 heterocycles. The van der Waals surface area contributed by atoms with E-state index in [9.17, 15) is 49.5 Å². The van der Waals surface area contributed by atoms with Gasteiger partial charge < -0.3 is 25.5 Å². The number of hydrogen-bond acceptors (Lipinski definition) is 11. The van der Waals surface area contributed by atoms with Crippen molar-refractivity contribution in [3.8, 4) is 17.2 Å². The summed E-state index contributed by atoms with van der Waals surface area (Å²) in [6.45, 7) is -0.197. The maximum absolute atomic E-state index is 14.0. The average Bonchev–Trinajstić information content (AvgIpc) is 2.91. The summed E-state index contributed by atoms with van der Waals surface area (Å²) in [7, 11) is 0. The van der Waals surface area contributed by atoms with Crippen LogP contribution in [0.15, 0.2) is 42.5 Å². The molecule has 0 fully saturated rings. The average molecular weight is 550 g/mol. The molecule has 0 radical (unpaired) electrons. The van der Waals surface area contributed by atoms with E-state index in [0.29, 0.717) is 0 Å². The monoisotopic (exact) mass is 550 g/mol. The molecule has 0 saturated heterocycles. The van der Waals surface area contributed by atoms with Crippen LogP contribution in [-0.2, 0) is 4.89 Å². The van der Waals surface area contributed by atoms with Gasteiger partial charge in [0, 0.05) is 28.7 Å². The zero-order chi connectivity index (χ0) is 29.3. The molecule has 40 heavy (non-hydrogen) atoms. The molecular formula is C28H22O12. The van der Waals surface area contributed by atoms with Crippen molar-refractivity contribution in [3.63, 3.8) is 0 Å². The van der Waals surface area contributed by atoms with Gasteiger partial charge in [-0.15, -0.1) is 0 Å². The minimum absolute atomic E-state index is 0.00251. The summed E-state index contributed by atoms with van der Waals surface area (Å²) >= 11 is 0. The molecule has 0 spiro atoms. The molecule has 1 aliphatic carbocycles. The van der Waals surface area contributed by atoms with Gasteiger partial charge >= 0.3 is 5.97 Å². The molecule has 6 N–H and O–H groups in total. The van der Waals surface area contributed by atoms with Crippen LogP contribution in [0.5, 0.6) is 17.2 Å². The maximum Gasteiger partial charge on any atom is 0.340 e. The summed E-state index contributed by atoms with van der Waals surface area (Å²) in [5, 5.41) is 59.7. The zero-order valence-electron chi connectivity index (χ0n) is 20.6. The van der Waals surface area contributed by atoms with Crippen molar-refractivity contribution in [2.75, 3.05) is 6.61 Å². The Morgan fingerprint density at radius 2 is 1.45 bits per heavy atom. The number of aromatic hydroxyl groups is 3. The summed E-state index contributed by atoms with van der Waals surface area (Å²) in [4.78, 5) is 69.9. The summed E-state index contributed by atoms with van der Waals surface area (Å²) in [6.07, 6.45) is -1.51. The number of carboxylic acids is 1. The van der Waals surface area contributed by atoms with Gasteiger partial charge in [-0.2, -0.15) is 0 Å². The van der Waals surface area contributed by atoms with Gasteiger partial charge in [-0.1, -0.05) is 24.3 Å². The van der Waals surface area contributed by atoms with Crippen molar-refractivity contribution >= 4 is 29.1 Å². The van der Waals surface area contributed by atoms with Gasteiger partial charge in [0.25, 0.3) is 0 Å². The number of aromatic carboxylic acids is 1. The first-order chi connectivity index (χ1) is 19.0. The minimum atomic E-state index is -1.84. The van der Waals surface area contributed by atoms with E-state index in [4.69, 9.17) is 5.26 Å². The molecule has 206 valence electrons. The molecule has 3 aromatic carbocycles. The topological polar surface area (TPSA) is 216 Å². The molecule has 12 nitrogen and oxygen atoms in total. The van der Waals surface area contributed by atoms with E-state index < -0.39 is 85.8 Å². The van der Waals surface area contributed by atoms with E-state index in [0.717, 1.165) is 18.2 Å². The number of ketones is 4. The van der Waals surface area contributed by atoms with Crippen LogP contribution in [0.4, 0.5) is 0 Å².